The van der Waals surface area contributed by atoms with Crippen molar-refractivity contribution in [3.8, 4) is 17.0 Å². The van der Waals surface area contributed by atoms with Crippen molar-refractivity contribution < 1.29 is 9.13 Å². The predicted molar refractivity (Wildman–Crippen MR) is 68.3 cm³/mol. The molecule has 1 aromatic carbocycles. The van der Waals surface area contributed by atoms with Gasteiger partial charge in [-0.2, -0.15) is 0 Å². The maximum atomic E-state index is 13.3. The van der Waals surface area contributed by atoms with Crippen LogP contribution in [0.1, 0.15) is 5.82 Å². The van der Waals surface area contributed by atoms with Crippen LogP contribution in [0, 0.1) is 5.82 Å². The van der Waals surface area contributed by atoms with Gasteiger partial charge in [0.15, 0.2) is 0 Å². The van der Waals surface area contributed by atoms with E-state index in [1.807, 2.05) is 0 Å². The maximum Gasteiger partial charge on any atom is 0.134 e. The molecule has 0 aliphatic rings. The summed E-state index contributed by atoms with van der Waals surface area (Å²) in [4.78, 5) is 7.25. The fourth-order valence-electron chi connectivity index (χ4n) is 1.69. The second kappa shape index (κ2) is 5.37. The van der Waals surface area contributed by atoms with Crippen LogP contribution in [0.15, 0.2) is 18.2 Å². The molecule has 1 heterocycles. The molecule has 0 spiro atoms. The van der Waals surface area contributed by atoms with Gasteiger partial charge >= 0.3 is 0 Å². The number of halogens is 2. The van der Waals surface area contributed by atoms with Gasteiger partial charge in [0.1, 0.15) is 28.2 Å². The molecule has 0 atom stereocenters. The molecule has 0 aliphatic carbocycles. The zero-order valence-corrected chi connectivity index (χ0v) is 10.8. The highest BCUT2D eigenvalue weighted by Crippen LogP contribution is 2.33. The monoisotopic (exact) mass is 269 g/mol. The maximum absolute atomic E-state index is 13.3. The summed E-state index contributed by atoms with van der Waals surface area (Å²) in [7, 11) is 3.32. The van der Waals surface area contributed by atoms with Gasteiger partial charge < -0.3 is 15.0 Å². The third kappa shape index (κ3) is 2.47. The quantitative estimate of drug-likeness (QED) is 0.897. The second-order valence-corrected chi connectivity index (χ2v) is 4.10. The van der Waals surface area contributed by atoms with Crippen molar-refractivity contribution in [1.29, 1.82) is 0 Å². The Bertz CT molecular complexity index is 556. The van der Waals surface area contributed by atoms with E-state index in [0.717, 1.165) is 0 Å². The van der Waals surface area contributed by atoms with Crippen LogP contribution < -0.4 is 10.1 Å². The van der Waals surface area contributed by atoms with E-state index in [4.69, 9.17) is 16.3 Å². The van der Waals surface area contributed by atoms with Crippen LogP contribution in [-0.2, 0) is 6.54 Å². The van der Waals surface area contributed by atoms with Crippen LogP contribution in [-0.4, -0.2) is 24.1 Å². The van der Waals surface area contributed by atoms with E-state index >= 15 is 0 Å². The minimum atomic E-state index is -0.361. The van der Waals surface area contributed by atoms with Crippen LogP contribution in [0.5, 0.6) is 5.75 Å². The summed E-state index contributed by atoms with van der Waals surface area (Å²) in [6.45, 7) is 0.553. The lowest BCUT2D eigenvalue weighted by atomic mass is 10.1. The highest BCUT2D eigenvalue weighted by molar-refractivity contribution is 6.32. The van der Waals surface area contributed by atoms with Crippen molar-refractivity contribution >= 4 is 11.6 Å². The van der Waals surface area contributed by atoms with E-state index < -0.39 is 0 Å². The lowest BCUT2D eigenvalue weighted by Crippen LogP contribution is -2.06. The van der Waals surface area contributed by atoms with E-state index in [1.54, 1.807) is 13.1 Å². The number of hydrogen-bond donors (Lipinski definition) is 2. The summed E-state index contributed by atoms with van der Waals surface area (Å²) in [6, 6.07) is 4.23. The Hall–Kier alpha value is -1.59. The molecular formula is C12H13ClFN3O. The van der Waals surface area contributed by atoms with Crippen molar-refractivity contribution in [3.05, 3.63) is 35.0 Å². The number of ether oxygens (including phenoxy) is 1. The number of nitrogens with zero attached hydrogens (tertiary/aromatic N) is 1. The Morgan fingerprint density at radius 2 is 2.28 bits per heavy atom. The first-order chi connectivity index (χ1) is 8.65. The Labute approximate surface area is 109 Å². The molecule has 0 unspecified atom stereocenters. The van der Waals surface area contributed by atoms with Gasteiger partial charge in [0.05, 0.1) is 13.7 Å². The Morgan fingerprint density at radius 1 is 1.50 bits per heavy atom. The minimum absolute atomic E-state index is 0.361. The molecule has 2 N–H and O–H groups in total. The number of imidazole rings is 1. The molecule has 1 aromatic heterocycles. The molecule has 0 radical (unpaired) electrons. The first-order valence-corrected chi connectivity index (χ1v) is 5.76. The molecule has 4 nitrogen and oxygen atoms in total. The molecule has 2 rings (SSSR count). The predicted octanol–water partition coefficient (Wildman–Crippen LogP) is 2.60. The lowest BCUT2D eigenvalue weighted by molar-refractivity contribution is 0.415. The number of rotatable bonds is 4. The fraction of sp³-hybridized carbons (Fsp3) is 0.250. The number of aromatic nitrogens is 2. The van der Waals surface area contributed by atoms with Crippen molar-refractivity contribution in [1.82, 2.24) is 15.3 Å². The molecule has 0 fully saturated rings. The summed E-state index contributed by atoms with van der Waals surface area (Å²) >= 11 is 6.07. The summed E-state index contributed by atoms with van der Waals surface area (Å²) in [5, 5.41) is 3.32. The van der Waals surface area contributed by atoms with Crippen LogP contribution >= 0.6 is 11.6 Å². The van der Waals surface area contributed by atoms with Gasteiger partial charge in [0.2, 0.25) is 0 Å². The normalized spacial score (nSPS) is 10.7. The molecule has 0 amide bonds. The van der Waals surface area contributed by atoms with E-state index in [9.17, 15) is 4.39 Å². The van der Waals surface area contributed by atoms with Crippen LogP contribution in [0.4, 0.5) is 4.39 Å². The van der Waals surface area contributed by atoms with Crippen molar-refractivity contribution in [2.24, 2.45) is 0 Å². The molecule has 96 valence electrons. The number of H-pyrrole nitrogens is 1. The molecule has 6 heteroatoms. The van der Waals surface area contributed by atoms with E-state index in [-0.39, 0.29) is 5.82 Å². The van der Waals surface area contributed by atoms with Gasteiger partial charge in [-0.15, -0.1) is 0 Å². The smallest absolute Gasteiger partial charge is 0.134 e. The number of hydrogen-bond acceptors (Lipinski definition) is 3. The lowest BCUT2D eigenvalue weighted by Gasteiger charge is -2.06. The van der Waals surface area contributed by atoms with Crippen LogP contribution in [0.3, 0.4) is 0 Å². The van der Waals surface area contributed by atoms with Gasteiger partial charge in [-0.05, 0) is 25.2 Å². The van der Waals surface area contributed by atoms with E-state index in [0.29, 0.717) is 34.5 Å². The Kier molecular flexibility index (Phi) is 3.84. The van der Waals surface area contributed by atoms with E-state index in [1.165, 1.54) is 19.2 Å². The number of aromatic amines is 1. The molecule has 0 aliphatic heterocycles. The Morgan fingerprint density at radius 3 is 2.94 bits per heavy atom. The highest BCUT2D eigenvalue weighted by Gasteiger charge is 2.15. The highest BCUT2D eigenvalue weighted by atomic mass is 35.5. The summed E-state index contributed by atoms with van der Waals surface area (Å²) in [6.07, 6.45) is 0. The summed E-state index contributed by atoms with van der Waals surface area (Å²) < 4.78 is 18.5. The van der Waals surface area contributed by atoms with Crippen LogP contribution in [0.25, 0.3) is 11.3 Å². The van der Waals surface area contributed by atoms with E-state index in [2.05, 4.69) is 15.3 Å². The van der Waals surface area contributed by atoms with Gasteiger partial charge in [0.25, 0.3) is 0 Å². The third-order valence-electron chi connectivity index (χ3n) is 2.47. The van der Waals surface area contributed by atoms with Gasteiger partial charge in [0, 0.05) is 5.56 Å². The molecular weight excluding hydrogens is 257 g/mol. The van der Waals surface area contributed by atoms with Gasteiger partial charge in [-0.25, -0.2) is 9.37 Å². The van der Waals surface area contributed by atoms with Crippen molar-refractivity contribution in [2.45, 2.75) is 6.54 Å². The SMILES string of the molecule is CNCc1nc(-c2cc(F)ccc2OC)c(Cl)[nH]1. The second-order valence-electron chi connectivity index (χ2n) is 3.72. The zero-order chi connectivity index (χ0) is 13.1. The van der Waals surface area contributed by atoms with Crippen molar-refractivity contribution in [2.75, 3.05) is 14.2 Å². The van der Waals surface area contributed by atoms with Gasteiger partial charge in [-0.3, -0.25) is 0 Å². The Balaban J connectivity index is 2.50. The molecule has 18 heavy (non-hydrogen) atoms. The third-order valence-corrected chi connectivity index (χ3v) is 2.74. The molecule has 2 aromatic rings. The number of nitrogens with one attached hydrogen (secondary N) is 2. The number of methoxy groups -OCH3 is 1. The summed E-state index contributed by atoms with van der Waals surface area (Å²) in [5.41, 5.74) is 1.01. The zero-order valence-electron chi connectivity index (χ0n) is 10.1. The average Bonchev–Trinajstić information content (AvgIpc) is 2.70. The largest absolute Gasteiger partial charge is 0.496 e. The first-order valence-electron chi connectivity index (χ1n) is 5.38. The summed E-state index contributed by atoms with van der Waals surface area (Å²) in [5.74, 6) is 0.852. The molecule has 0 saturated carbocycles. The number of benzene rings is 1. The molecule has 0 saturated heterocycles. The van der Waals surface area contributed by atoms with Crippen molar-refractivity contribution in [3.63, 3.8) is 0 Å². The average molecular weight is 270 g/mol. The minimum Gasteiger partial charge on any atom is -0.496 e. The topological polar surface area (TPSA) is 49.9 Å². The standard InChI is InChI=1S/C12H13ClFN3O/c1-15-6-10-16-11(12(13)17-10)8-5-7(14)3-4-9(8)18-2/h3-5,15H,6H2,1-2H3,(H,16,17). The first kappa shape index (κ1) is 12.9. The fourth-order valence-corrected chi connectivity index (χ4v) is 1.95. The van der Waals surface area contributed by atoms with Crippen LogP contribution in [0.2, 0.25) is 5.15 Å². The molecule has 0 bridgehead atoms. The van der Waals surface area contributed by atoms with Gasteiger partial charge in [-0.1, -0.05) is 11.6 Å².